The van der Waals surface area contributed by atoms with Crippen LogP contribution in [0.25, 0.3) is 10.9 Å². The monoisotopic (exact) mass is 527 g/mol. The van der Waals surface area contributed by atoms with Crippen molar-refractivity contribution in [2.24, 2.45) is 5.10 Å². The first-order chi connectivity index (χ1) is 19.1. The van der Waals surface area contributed by atoms with Crippen LogP contribution >= 0.6 is 0 Å². The maximum Gasteiger partial charge on any atom is 0.240 e. The van der Waals surface area contributed by atoms with E-state index >= 15 is 0 Å². The molecular weight excluding hydrogens is 493 g/mol. The number of halogens is 1. The van der Waals surface area contributed by atoms with Gasteiger partial charge < -0.3 is 14.6 Å². The number of amides is 1. The van der Waals surface area contributed by atoms with Gasteiger partial charge in [-0.1, -0.05) is 18.2 Å². The number of anilines is 1. The van der Waals surface area contributed by atoms with Crippen LogP contribution in [0.15, 0.2) is 78.0 Å². The van der Waals surface area contributed by atoms with Crippen LogP contribution in [0.4, 0.5) is 10.1 Å². The van der Waals surface area contributed by atoms with E-state index < -0.39 is 0 Å². The lowest BCUT2D eigenvalue weighted by atomic mass is 10.1. The average Bonchev–Trinajstić information content (AvgIpc) is 3.37. The molecule has 1 aliphatic heterocycles. The number of nitrogens with one attached hydrogen (secondary N) is 2. The normalized spacial score (nSPS) is 14.3. The Morgan fingerprint density at radius 3 is 2.64 bits per heavy atom. The Bertz CT molecular complexity index is 1420. The molecule has 1 aromatic heterocycles. The van der Waals surface area contributed by atoms with Crippen LogP contribution in [0.3, 0.4) is 0 Å². The quantitative estimate of drug-likeness (QED) is 0.222. The molecule has 0 spiro atoms. The molecule has 1 saturated heterocycles. The number of piperazine rings is 1. The number of para-hydroxylation sites is 1. The van der Waals surface area contributed by atoms with Gasteiger partial charge in [-0.15, -0.1) is 0 Å². The van der Waals surface area contributed by atoms with E-state index in [1.807, 2.05) is 42.6 Å². The van der Waals surface area contributed by atoms with Crippen molar-refractivity contribution in [1.82, 2.24) is 15.3 Å². The number of aromatic nitrogens is 1. The van der Waals surface area contributed by atoms with Crippen LogP contribution in [-0.2, 0) is 17.8 Å². The first-order valence-corrected chi connectivity index (χ1v) is 13.4. The van der Waals surface area contributed by atoms with Crippen LogP contribution in [0, 0.1) is 5.82 Å². The Morgan fingerprint density at radius 2 is 1.85 bits per heavy atom. The predicted octanol–water partition coefficient (Wildman–Crippen LogP) is 5.11. The van der Waals surface area contributed by atoms with Crippen LogP contribution in [0.1, 0.15) is 29.5 Å². The summed E-state index contributed by atoms with van der Waals surface area (Å²) in [6, 6.07) is 20.8. The van der Waals surface area contributed by atoms with Crippen molar-refractivity contribution in [3.63, 3.8) is 0 Å². The number of carbonyl (C=O) groups excluding carboxylic acids is 1. The van der Waals surface area contributed by atoms with Crippen LogP contribution < -0.4 is 15.1 Å². The smallest absolute Gasteiger partial charge is 0.240 e. The van der Waals surface area contributed by atoms with E-state index in [-0.39, 0.29) is 11.7 Å². The van der Waals surface area contributed by atoms with E-state index in [9.17, 15) is 9.18 Å². The number of aryl methyl sites for hydroxylation is 1. The van der Waals surface area contributed by atoms with Gasteiger partial charge in [0.15, 0.2) is 0 Å². The molecular formula is C31H34FN5O2. The average molecular weight is 528 g/mol. The van der Waals surface area contributed by atoms with E-state index in [2.05, 4.69) is 43.5 Å². The largest absolute Gasteiger partial charge is 0.496 e. The van der Waals surface area contributed by atoms with Gasteiger partial charge in [-0.2, -0.15) is 5.10 Å². The molecule has 1 aliphatic rings. The maximum absolute atomic E-state index is 13.3. The fourth-order valence-electron chi connectivity index (χ4n) is 5.07. The van der Waals surface area contributed by atoms with Gasteiger partial charge in [-0.3, -0.25) is 9.69 Å². The lowest BCUT2D eigenvalue weighted by molar-refractivity contribution is -0.121. The lowest BCUT2D eigenvalue weighted by Gasteiger charge is -2.36. The molecule has 0 saturated carbocycles. The van der Waals surface area contributed by atoms with Crippen molar-refractivity contribution in [1.29, 1.82) is 0 Å². The Morgan fingerprint density at radius 1 is 1.05 bits per heavy atom. The Kier molecular flexibility index (Phi) is 8.53. The zero-order chi connectivity index (χ0) is 27.0. The summed E-state index contributed by atoms with van der Waals surface area (Å²) in [7, 11) is 1.68. The fourth-order valence-corrected chi connectivity index (χ4v) is 5.07. The van der Waals surface area contributed by atoms with Gasteiger partial charge >= 0.3 is 0 Å². The third kappa shape index (κ3) is 6.83. The molecule has 5 rings (SSSR count). The summed E-state index contributed by atoms with van der Waals surface area (Å²) in [6.07, 6.45) is 5.69. The van der Waals surface area contributed by atoms with E-state index in [4.69, 9.17) is 4.74 Å². The van der Waals surface area contributed by atoms with Gasteiger partial charge in [-0.05, 0) is 72.5 Å². The van der Waals surface area contributed by atoms with Crippen molar-refractivity contribution in [3.8, 4) is 5.75 Å². The number of hydrazone groups is 1. The SMILES string of the molecule is COc1ccc(/C=N\NC(=O)CCCc2c[nH]c3ccccc23)cc1CN1CCN(c2ccc(F)cc2)CC1. The minimum absolute atomic E-state index is 0.0983. The molecule has 0 aliphatic carbocycles. The van der Waals surface area contributed by atoms with Gasteiger partial charge in [0.1, 0.15) is 11.6 Å². The molecule has 2 heterocycles. The van der Waals surface area contributed by atoms with Crippen LogP contribution in [-0.4, -0.2) is 55.3 Å². The summed E-state index contributed by atoms with van der Waals surface area (Å²) >= 11 is 0. The summed E-state index contributed by atoms with van der Waals surface area (Å²) in [5, 5.41) is 5.39. The molecule has 0 bridgehead atoms. The van der Waals surface area contributed by atoms with Crippen molar-refractivity contribution >= 4 is 28.7 Å². The molecule has 7 nitrogen and oxygen atoms in total. The zero-order valence-corrected chi connectivity index (χ0v) is 22.2. The number of hydrogen-bond acceptors (Lipinski definition) is 5. The fraction of sp³-hybridized carbons (Fsp3) is 0.290. The molecule has 1 amide bonds. The van der Waals surface area contributed by atoms with Gasteiger partial charge in [0, 0.05) is 67.5 Å². The van der Waals surface area contributed by atoms with Crippen molar-refractivity contribution in [2.45, 2.75) is 25.8 Å². The Balaban J connectivity index is 1.10. The van der Waals surface area contributed by atoms with Crippen molar-refractivity contribution in [2.75, 3.05) is 38.2 Å². The summed E-state index contributed by atoms with van der Waals surface area (Å²) in [6.45, 7) is 4.30. The molecule has 1 fully saturated rings. The van der Waals surface area contributed by atoms with Gasteiger partial charge in [-0.25, -0.2) is 9.82 Å². The Labute approximate surface area is 228 Å². The second-order valence-electron chi connectivity index (χ2n) is 9.82. The maximum atomic E-state index is 13.3. The highest BCUT2D eigenvalue weighted by atomic mass is 19.1. The van der Waals surface area contributed by atoms with Crippen molar-refractivity contribution in [3.05, 3.63) is 95.4 Å². The number of carbonyl (C=O) groups is 1. The number of nitrogens with zero attached hydrogens (tertiary/aromatic N) is 3. The van der Waals surface area contributed by atoms with E-state index in [0.29, 0.717) is 6.42 Å². The highest BCUT2D eigenvalue weighted by Crippen LogP contribution is 2.23. The van der Waals surface area contributed by atoms with E-state index in [1.54, 1.807) is 13.3 Å². The minimum Gasteiger partial charge on any atom is -0.496 e. The summed E-state index contributed by atoms with van der Waals surface area (Å²) in [5.74, 6) is 0.516. The standard InChI is InChI=1S/C31H34FN5O2/c1-39-30-14-9-23(19-25(30)22-36-15-17-37(18-16-36)27-12-10-26(32)11-13-27)20-34-35-31(38)8-4-5-24-21-33-29-7-3-2-6-28(24)29/h2-3,6-7,9-14,19-21,33H,4-5,8,15-18,22H2,1H3,(H,35,38)/b34-20-. The minimum atomic E-state index is -0.214. The Hall–Kier alpha value is -4.17. The number of rotatable bonds is 10. The zero-order valence-electron chi connectivity index (χ0n) is 22.2. The van der Waals surface area contributed by atoms with Gasteiger partial charge in [0.25, 0.3) is 0 Å². The molecule has 2 N–H and O–H groups in total. The highest BCUT2D eigenvalue weighted by molar-refractivity contribution is 5.84. The van der Waals surface area contributed by atoms with Crippen LogP contribution in [0.5, 0.6) is 5.75 Å². The molecule has 39 heavy (non-hydrogen) atoms. The third-order valence-electron chi connectivity index (χ3n) is 7.19. The van der Waals surface area contributed by atoms with Crippen molar-refractivity contribution < 1.29 is 13.9 Å². The number of fused-ring (bicyclic) bond motifs is 1. The number of hydrogen-bond donors (Lipinski definition) is 2. The van der Waals surface area contributed by atoms with Crippen LogP contribution in [0.2, 0.25) is 0 Å². The molecule has 0 atom stereocenters. The molecule has 3 aromatic carbocycles. The number of aromatic amines is 1. The lowest BCUT2D eigenvalue weighted by Crippen LogP contribution is -2.46. The predicted molar refractivity (Wildman–Crippen MR) is 154 cm³/mol. The summed E-state index contributed by atoms with van der Waals surface area (Å²) in [5.41, 5.74) is 8.02. The first-order valence-electron chi connectivity index (χ1n) is 13.4. The summed E-state index contributed by atoms with van der Waals surface area (Å²) in [4.78, 5) is 20.3. The topological polar surface area (TPSA) is 73.0 Å². The second-order valence-corrected chi connectivity index (χ2v) is 9.82. The summed E-state index contributed by atoms with van der Waals surface area (Å²) < 4.78 is 18.8. The number of H-pyrrole nitrogens is 1. The number of ether oxygens (including phenoxy) is 1. The number of benzene rings is 3. The van der Waals surface area contributed by atoms with E-state index in [0.717, 1.165) is 73.6 Å². The number of methoxy groups -OCH3 is 1. The molecule has 4 aromatic rings. The highest BCUT2D eigenvalue weighted by Gasteiger charge is 2.19. The molecule has 202 valence electrons. The van der Waals surface area contributed by atoms with Gasteiger partial charge in [0.2, 0.25) is 5.91 Å². The molecule has 0 unspecified atom stereocenters. The van der Waals surface area contributed by atoms with E-state index in [1.165, 1.54) is 23.1 Å². The third-order valence-corrected chi connectivity index (χ3v) is 7.19. The second kappa shape index (κ2) is 12.6. The van der Waals surface area contributed by atoms with Gasteiger partial charge in [0.05, 0.1) is 13.3 Å². The molecule has 8 heteroatoms. The first kappa shape index (κ1) is 26.4. The molecule has 0 radical (unpaired) electrons.